The van der Waals surface area contributed by atoms with E-state index in [2.05, 4.69) is 21.2 Å². The maximum absolute atomic E-state index is 13.3. The van der Waals surface area contributed by atoms with Gasteiger partial charge in [0.2, 0.25) is 0 Å². The molecule has 1 unspecified atom stereocenters. The first-order valence-corrected chi connectivity index (χ1v) is 5.37. The van der Waals surface area contributed by atoms with Crippen molar-refractivity contribution in [2.45, 2.75) is 12.5 Å². The lowest BCUT2D eigenvalue weighted by Gasteiger charge is -2.19. The molecular formula is C10H10BrF2NO3. The third-order valence-corrected chi connectivity index (χ3v) is 2.70. The van der Waals surface area contributed by atoms with E-state index in [-0.39, 0.29) is 10.2 Å². The van der Waals surface area contributed by atoms with Crippen LogP contribution in [0.15, 0.2) is 16.6 Å². The van der Waals surface area contributed by atoms with Gasteiger partial charge in [-0.15, -0.1) is 0 Å². The second-order valence-electron chi connectivity index (χ2n) is 3.68. The first-order chi connectivity index (χ1) is 7.74. The maximum Gasteiger partial charge on any atom is 0.337 e. The van der Waals surface area contributed by atoms with Gasteiger partial charge in [0.25, 0.3) is 0 Å². The average Bonchev–Trinajstić information content (AvgIpc) is 2.21. The number of hydrogen-bond donors (Lipinski definition) is 3. The molecule has 0 amide bonds. The molecule has 0 aromatic heterocycles. The molecule has 1 aromatic rings. The maximum atomic E-state index is 13.3. The van der Waals surface area contributed by atoms with Gasteiger partial charge in [-0.2, -0.15) is 0 Å². The van der Waals surface area contributed by atoms with Crippen LogP contribution in [0.3, 0.4) is 0 Å². The van der Waals surface area contributed by atoms with Gasteiger partial charge < -0.3 is 15.5 Å². The molecule has 0 aliphatic carbocycles. The van der Waals surface area contributed by atoms with Crippen molar-refractivity contribution >= 4 is 27.6 Å². The summed E-state index contributed by atoms with van der Waals surface area (Å²) in [7, 11) is 0. The van der Waals surface area contributed by atoms with E-state index in [1.807, 2.05) is 0 Å². The van der Waals surface area contributed by atoms with Gasteiger partial charge in [-0.05, 0) is 28.9 Å². The van der Waals surface area contributed by atoms with Gasteiger partial charge in [0, 0.05) is 6.07 Å². The highest BCUT2D eigenvalue weighted by atomic mass is 79.9. The van der Waals surface area contributed by atoms with E-state index in [1.54, 1.807) is 0 Å². The van der Waals surface area contributed by atoms with Crippen LogP contribution in [0.4, 0.5) is 14.5 Å². The highest BCUT2D eigenvalue weighted by Gasteiger charge is 2.29. The Morgan fingerprint density at radius 3 is 2.59 bits per heavy atom. The van der Waals surface area contributed by atoms with Gasteiger partial charge in [-0.3, -0.25) is 0 Å². The van der Waals surface area contributed by atoms with E-state index < -0.39 is 29.7 Å². The largest absolute Gasteiger partial charge is 0.479 e. The predicted octanol–water partition coefficient (Wildman–Crippen LogP) is 1.97. The van der Waals surface area contributed by atoms with Gasteiger partial charge in [0.15, 0.2) is 5.60 Å². The lowest BCUT2D eigenvalue weighted by atomic mass is 10.1. The Morgan fingerprint density at radius 2 is 2.06 bits per heavy atom. The normalized spacial score (nSPS) is 14.2. The summed E-state index contributed by atoms with van der Waals surface area (Å²) in [6.07, 6.45) is 0. The van der Waals surface area contributed by atoms with E-state index in [1.165, 1.54) is 0 Å². The molecule has 0 aliphatic rings. The van der Waals surface area contributed by atoms with Crippen LogP contribution in [0.1, 0.15) is 6.92 Å². The number of aliphatic hydroxyl groups is 1. The van der Waals surface area contributed by atoms with Crippen molar-refractivity contribution in [1.82, 2.24) is 0 Å². The minimum absolute atomic E-state index is 0.0383. The average molecular weight is 310 g/mol. The number of carboxylic acid groups (broad SMARTS) is 1. The van der Waals surface area contributed by atoms with Gasteiger partial charge in [0.05, 0.1) is 16.7 Å². The third-order valence-electron chi connectivity index (χ3n) is 2.09. The van der Waals surface area contributed by atoms with Crippen LogP contribution in [-0.2, 0) is 4.79 Å². The molecule has 1 aromatic carbocycles. The molecule has 0 saturated carbocycles. The Balaban J connectivity index is 2.83. The molecule has 0 heterocycles. The molecule has 0 bridgehead atoms. The fourth-order valence-electron chi connectivity index (χ4n) is 1.00. The highest BCUT2D eigenvalue weighted by molar-refractivity contribution is 9.10. The smallest absolute Gasteiger partial charge is 0.337 e. The van der Waals surface area contributed by atoms with E-state index in [0.29, 0.717) is 6.07 Å². The van der Waals surface area contributed by atoms with Crippen LogP contribution in [0.5, 0.6) is 0 Å². The molecule has 3 N–H and O–H groups in total. The summed E-state index contributed by atoms with van der Waals surface area (Å²) in [5, 5.41) is 20.4. The molecule has 0 spiro atoms. The molecule has 1 atom stereocenters. The summed E-state index contributed by atoms with van der Waals surface area (Å²) in [6.45, 7) is 0.663. The Labute approximate surface area is 104 Å². The molecule has 4 nitrogen and oxygen atoms in total. The molecular weight excluding hydrogens is 300 g/mol. The van der Waals surface area contributed by atoms with Crippen molar-refractivity contribution in [3.05, 3.63) is 28.2 Å². The summed E-state index contributed by atoms with van der Waals surface area (Å²) < 4.78 is 26.2. The van der Waals surface area contributed by atoms with Crippen molar-refractivity contribution < 1.29 is 23.8 Å². The van der Waals surface area contributed by atoms with Crippen molar-refractivity contribution in [1.29, 1.82) is 0 Å². The van der Waals surface area contributed by atoms with Gasteiger partial charge in [-0.25, -0.2) is 13.6 Å². The zero-order valence-corrected chi connectivity index (χ0v) is 10.4. The molecule has 0 aliphatic heterocycles. The van der Waals surface area contributed by atoms with Crippen LogP contribution in [-0.4, -0.2) is 28.3 Å². The molecule has 0 radical (unpaired) electrons. The number of rotatable bonds is 4. The summed E-state index contributed by atoms with van der Waals surface area (Å²) in [4.78, 5) is 10.6. The number of hydrogen-bond acceptors (Lipinski definition) is 3. The van der Waals surface area contributed by atoms with Crippen LogP contribution < -0.4 is 5.32 Å². The molecule has 0 fully saturated rings. The second-order valence-corrected chi connectivity index (χ2v) is 4.53. The summed E-state index contributed by atoms with van der Waals surface area (Å²) >= 11 is 2.87. The van der Waals surface area contributed by atoms with E-state index >= 15 is 0 Å². The molecule has 0 saturated heterocycles. The Hall–Kier alpha value is -1.21. The Bertz CT molecular complexity index is 451. The number of halogens is 3. The van der Waals surface area contributed by atoms with Crippen molar-refractivity contribution in [2.24, 2.45) is 0 Å². The SMILES string of the molecule is CC(O)(CNc1cc(Br)c(F)cc1F)C(=O)O. The number of anilines is 1. The van der Waals surface area contributed by atoms with E-state index in [4.69, 9.17) is 5.11 Å². The number of carbonyl (C=O) groups is 1. The first kappa shape index (κ1) is 13.9. The Kier molecular flexibility index (Phi) is 4.05. The molecule has 94 valence electrons. The monoisotopic (exact) mass is 309 g/mol. The zero-order chi connectivity index (χ0) is 13.2. The second kappa shape index (κ2) is 4.97. The Morgan fingerprint density at radius 1 is 1.47 bits per heavy atom. The molecule has 17 heavy (non-hydrogen) atoms. The number of aliphatic carboxylic acids is 1. The predicted molar refractivity (Wildman–Crippen MR) is 60.8 cm³/mol. The summed E-state index contributed by atoms with van der Waals surface area (Å²) in [5.41, 5.74) is -2.13. The fraction of sp³-hybridized carbons (Fsp3) is 0.300. The quantitative estimate of drug-likeness (QED) is 0.744. The van der Waals surface area contributed by atoms with E-state index in [0.717, 1.165) is 13.0 Å². The van der Waals surface area contributed by atoms with Gasteiger partial charge in [-0.1, -0.05) is 0 Å². The van der Waals surface area contributed by atoms with Crippen LogP contribution in [0, 0.1) is 11.6 Å². The van der Waals surface area contributed by atoms with Crippen molar-refractivity contribution in [3.8, 4) is 0 Å². The summed E-state index contributed by atoms with van der Waals surface area (Å²) in [5.74, 6) is -3.07. The lowest BCUT2D eigenvalue weighted by Crippen LogP contribution is -2.41. The van der Waals surface area contributed by atoms with Crippen LogP contribution in [0.25, 0.3) is 0 Å². The minimum Gasteiger partial charge on any atom is -0.479 e. The number of benzene rings is 1. The zero-order valence-electron chi connectivity index (χ0n) is 8.80. The summed E-state index contributed by atoms with van der Waals surface area (Å²) in [6, 6.07) is 1.78. The number of carboxylic acids is 1. The van der Waals surface area contributed by atoms with E-state index in [9.17, 15) is 18.7 Å². The highest BCUT2D eigenvalue weighted by Crippen LogP contribution is 2.24. The van der Waals surface area contributed by atoms with Crippen LogP contribution >= 0.6 is 15.9 Å². The van der Waals surface area contributed by atoms with Crippen molar-refractivity contribution in [2.75, 3.05) is 11.9 Å². The molecule has 7 heteroatoms. The minimum atomic E-state index is -2.03. The lowest BCUT2D eigenvalue weighted by molar-refractivity contribution is -0.155. The topological polar surface area (TPSA) is 69.6 Å². The third kappa shape index (κ3) is 3.37. The van der Waals surface area contributed by atoms with Gasteiger partial charge >= 0.3 is 5.97 Å². The first-order valence-electron chi connectivity index (χ1n) is 4.58. The fourth-order valence-corrected chi connectivity index (χ4v) is 1.34. The number of nitrogens with one attached hydrogen (secondary N) is 1. The standard InChI is InChI=1S/C10H10BrF2NO3/c1-10(17,9(15)16)4-14-8-2-5(11)6(12)3-7(8)13/h2-3,14,17H,4H2,1H3,(H,15,16). The van der Waals surface area contributed by atoms with Crippen molar-refractivity contribution in [3.63, 3.8) is 0 Å². The van der Waals surface area contributed by atoms with Crippen LogP contribution in [0.2, 0.25) is 0 Å². The molecule has 1 rings (SSSR count). The van der Waals surface area contributed by atoms with Gasteiger partial charge in [0.1, 0.15) is 11.6 Å².